The predicted octanol–water partition coefficient (Wildman–Crippen LogP) is 10.7. The van der Waals surface area contributed by atoms with Crippen LogP contribution >= 0.6 is 0 Å². The van der Waals surface area contributed by atoms with Gasteiger partial charge in [-0.3, -0.25) is 0 Å². The summed E-state index contributed by atoms with van der Waals surface area (Å²) in [6, 6.07) is 50.7. The molecule has 0 fully saturated rings. The maximum atomic E-state index is 6.31. The average Bonchev–Trinajstić information content (AvgIpc) is 3.08. The van der Waals surface area contributed by atoms with Crippen LogP contribution in [0.1, 0.15) is 25.0 Å². The van der Waals surface area contributed by atoms with E-state index in [1.54, 1.807) is 0 Å². The van der Waals surface area contributed by atoms with E-state index in [0.29, 0.717) is 5.82 Å². The van der Waals surface area contributed by atoms with Gasteiger partial charge in [0.2, 0.25) is 0 Å². The van der Waals surface area contributed by atoms with Crippen molar-refractivity contribution in [1.29, 1.82) is 0 Å². The number of fused-ring (bicyclic) bond motifs is 3. The lowest BCUT2D eigenvalue weighted by atomic mass is 9.75. The van der Waals surface area contributed by atoms with Crippen molar-refractivity contribution in [2.24, 2.45) is 0 Å². The molecule has 1 aliphatic heterocycles. The molecule has 8 rings (SSSR count). The number of para-hydroxylation sites is 2. The molecular formula is C41H30N2O. The van der Waals surface area contributed by atoms with Crippen molar-refractivity contribution in [3.05, 3.63) is 157 Å². The van der Waals surface area contributed by atoms with Crippen LogP contribution in [0.5, 0.6) is 11.5 Å². The molecule has 2 heterocycles. The third kappa shape index (κ3) is 4.45. The van der Waals surface area contributed by atoms with Gasteiger partial charge >= 0.3 is 0 Å². The standard InChI is InChI=1S/C41H30N2O/c1-41(2)34-16-7-9-18-37(34)44-38-24-23-31(26-35(38)41)30-13-10-14-32(25-30)40-42-36-17-8-6-15-33(36)39(43-40)29-21-19-28(20-22-29)27-11-4-3-5-12-27/h3-26H,1-2H3. The van der Waals surface area contributed by atoms with Gasteiger partial charge in [-0.1, -0.05) is 129 Å². The van der Waals surface area contributed by atoms with Gasteiger partial charge in [0.25, 0.3) is 0 Å². The fraction of sp³-hybridized carbons (Fsp3) is 0.0732. The van der Waals surface area contributed by atoms with Crippen LogP contribution in [0.4, 0.5) is 0 Å². The summed E-state index contributed by atoms with van der Waals surface area (Å²) in [5, 5.41) is 1.04. The van der Waals surface area contributed by atoms with Crippen molar-refractivity contribution in [3.63, 3.8) is 0 Å². The first-order valence-corrected chi connectivity index (χ1v) is 15.0. The van der Waals surface area contributed by atoms with Crippen molar-refractivity contribution >= 4 is 10.9 Å². The van der Waals surface area contributed by atoms with Gasteiger partial charge in [0.15, 0.2) is 5.82 Å². The van der Waals surface area contributed by atoms with Crippen LogP contribution in [0.15, 0.2) is 146 Å². The molecule has 0 unspecified atom stereocenters. The summed E-state index contributed by atoms with van der Waals surface area (Å²) in [4.78, 5) is 10.2. The molecule has 7 aromatic rings. The van der Waals surface area contributed by atoms with Crippen LogP contribution in [0.2, 0.25) is 0 Å². The molecule has 1 aliphatic rings. The molecular weight excluding hydrogens is 536 g/mol. The lowest BCUT2D eigenvalue weighted by Gasteiger charge is -2.34. The summed E-state index contributed by atoms with van der Waals surface area (Å²) >= 11 is 0. The van der Waals surface area contributed by atoms with Crippen LogP contribution < -0.4 is 4.74 Å². The summed E-state index contributed by atoms with van der Waals surface area (Å²) in [5.74, 6) is 2.55. The molecule has 0 bridgehead atoms. The highest BCUT2D eigenvalue weighted by Gasteiger charge is 2.34. The molecule has 0 saturated carbocycles. The van der Waals surface area contributed by atoms with E-state index in [2.05, 4.69) is 129 Å². The van der Waals surface area contributed by atoms with E-state index >= 15 is 0 Å². The van der Waals surface area contributed by atoms with Crippen LogP contribution in [0, 0.1) is 0 Å². The quantitative estimate of drug-likeness (QED) is 0.213. The summed E-state index contributed by atoms with van der Waals surface area (Å²) in [6.45, 7) is 4.54. The van der Waals surface area contributed by atoms with Gasteiger partial charge < -0.3 is 4.74 Å². The second-order valence-corrected chi connectivity index (χ2v) is 11.9. The smallest absolute Gasteiger partial charge is 0.160 e. The van der Waals surface area contributed by atoms with Crippen molar-refractivity contribution in [2.75, 3.05) is 0 Å². The van der Waals surface area contributed by atoms with Gasteiger partial charge in [-0.25, -0.2) is 9.97 Å². The number of benzene rings is 6. The lowest BCUT2D eigenvalue weighted by Crippen LogP contribution is -2.24. The SMILES string of the molecule is CC1(C)c2ccccc2Oc2ccc(-c3cccc(-c4nc(-c5ccc(-c6ccccc6)cc5)c5ccccc5n4)c3)cc21. The molecule has 1 aromatic heterocycles. The van der Waals surface area contributed by atoms with E-state index in [9.17, 15) is 0 Å². The van der Waals surface area contributed by atoms with Gasteiger partial charge in [-0.05, 0) is 52.6 Å². The average molecular weight is 567 g/mol. The van der Waals surface area contributed by atoms with Crippen molar-refractivity contribution in [3.8, 4) is 56.4 Å². The number of rotatable bonds is 4. The molecule has 0 aliphatic carbocycles. The van der Waals surface area contributed by atoms with E-state index < -0.39 is 0 Å². The minimum absolute atomic E-state index is 0.176. The molecule has 0 amide bonds. The second-order valence-electron chi connectivity index (χ2n) is 11.9. The highest BCUT2D eigenvalue weighted by Crippen LogP contribution is 2.48. The Morgan fingerprint density at radius 2 is 1.07 bits per heavy atom. The fourth-order valence-corrected chi connectivity index (χ4v) is 6.34. The highest BCUT2D eigenvalue weighted by molar-refractivity contribution is 5.94. The Kier molecular flexibility index (Phi) is 6.13. The van der Waals surface area contributed by atoms with E-state index in [0.717, 1.165) is 50.3 Å². The first-order chi connectivity index (χ1) is 21.5. The molecule has 6 aromatic carbocycles. The zero-order valence-electron chi connectivity index (χ0n) is 24.7. The number of ether oxygens (including phenoxy) is 1. The zero-order valence-corrected chi connectivity index (χ0v) is 24.7. The maximum absolute atomic E-state index is 6.31. The number of aromatic nitrogens is 2. The van der Waals surface area contributed by atoms with Crippen molar-refractivity contribution < 1.29 is 4.74 Å². The van der Waals surface area contributed by atoms with Crippen molar-refractivity contribution in [2.45, 2.75) is 19.3 Å². The Morgan fingerprint density at radius 1 is 0.455 bits per heavy atom. The van der Waals surface area contributed by atoms with E-state index in [1.165, 1.54) is 22.3 Å². The summed E-state index contributed by atoms with van der Waals surface area (Å²) in [7, 11) is 0. The Labute approximate surface area is 257 Å². The Morgan fingerprint density at radius 3 is 1.93 bits per heavy atom. The molecule has 0 N–H and O–H groups in total. The van der Waals surface area contributed by atoms with Gasteiger partial charge in [-0.15, -0.1) is 0 Å². The van der Waals surface area contributed by atoms with Gasteiger partial charge in [-0.2, -0.15) is 0 Å². The summed E-state index contributed by atoms with van der Waals surface area (Å²) in [6.07, 6.45) is 0. The molecule has 0 atom stereocenters. The predicted molar refractivity (Wildman–Crippen MR) is 180 cm³/mol. The lowest BCUT2D eigenvalue weighted by molar-refractivity contribution is 0.418. The van der Waals surface area contributed by atoms with Crippen LogP contribution in [-0.2, 0) is 5.41 Å². The van der Waals surface area contributed by atoms with Crippen LogP contribution in [0.25, 0.3) is 55.8 Å². The Balaban J connectivity index is 1.19. The normalized spacial score (nSPS) is 13.1. The third-order valence-corrected chi connectivity index (χ3v) is 8.76. The minimum atomic E-state index is -0.176. The van der Waals surface area contributed by atoms with Gasteiger partial charge in [0, 0.05) is 33.1 Å². The number of hydrogen-bond donors (Lipinski definition) is 0. The minimum Gasteiger partial charge on any atom is -0.457 e. The largest absolute Gasteiger partial charge is 0.457 e. The highest BCUT2D eigenvalue weighted by atomic mass is 16.5. The molecule has 3 heteroatoms. The molecule has 0 saturated heterocycles. The summed E-state index contributed by atoms with van der Waals surface area (Å²) in [5.41, 5.74) is 10.8. The van der Waals surface area contributed by atoms with E-state index in [4.69, 9.17) is 14.7 Å². The fourth-order valence-electron chi connectivity index (χ4n) is 6.34. The van der Waals surface area contributed by atoms with Gasteiger partial charge in [0.05, 0.1) is 11.2 Å². The number of hydrogen-bond acceptors (Lipinski definition) is 3. The molecule has 210 valence electrons. The molecule has 0 spiro atoms. The first-order valence-electron chi connectivity index (χ1n) is 15.0. The van der Waals surface area contributed by atoms with Crippen LogP contribution in [-0.4, -0.2) is 9.97 Å². The molecule has 44 heavy (non-hydrogen) atoms. The third-order valence-electron chi connectivity index (χ3n) is 8.76. The molecule has 0 radical (unpaired) electrons. The Hall–Kier alpha value is -5.54. The second kappa shape index (κ2) is 10.3. The van der Waals surface area contributed by atoms with Crippen LogP contribution in [0.3, 0.4) is 0 Å². The Bertz CT molecular complexity index is 2160. The monoisotopic (exact) mass is 566 g/mol. The maximum Gasteiger partial charge on any atom is 0.160 e. The van der Waals surface area contributed by atoms with E-state index in [-0.39, 0.29) is 5.41 Å². The van der Waals surface area contributed by atoms with Crippen molar-refractivity contribution in [1.82, 2.24) is 9.97 Å². The van der Waals surface area contributed by atoms with Gasteiger partial charge in [0.1, 0.15) is 11.5 Å². The summed E-state index contributed by atoms with van der Waals surface area (Å²) < 4.78 is 6.31. The molecule has 3 nitrogen and oxygen atoms in total. The number of nitrogens with zero attached hydrogens (tertiary/aromatic N) is 2. The first kappa shape index (κ1) is 26.1. The topological polar surface area (TPSA) is 35.0 Å². The van der Waals surface area contributed by atoms with E-state index in [1.807, 2.05) is 30.3 Å². The zero-order chi connectivity index (χ0) is 29.7.